The number of furan rings is 1. The van der Waals surface area contributed by atoms with E-state index < -0.39 is 0 Å². The SMILES string of the molecule is NC1(CCc2coc3c(O)cccc23)CC1. The van der Waals surface area contributed by atoms with Gasteiger partial charge in [-0.2, -0.15) is 0 Å². The van der Waals surface area contributed by atoms with Crippen LogP contribution in [0.4, 0.5) is 0 Å². The van der Waals surface area contributed by atoms with Crippen LogP contribution in [-0.2, 0) is 6.42 Å². The summed E-state index contributed by atoms with van der Waals surface area (Å²) in [5, 5.41) is 10.6. The van der Waals surface area contributed by atoms with Gasteiger partial charge in [0.05, 0.1) is 6.26 Å². The Morgan fingerprint density at radius 3 is 2.94 bits per heavy atom. The van der Waals surface area contributed by atoms with Crippen LogP contribution in [0.15, 0.2) is 28.9 Å². The fraction of sp³-hybridized carbons (Fsp3) is 0.385. The van der Waals surface area contributed by atoms with Gasteiger partial charge in [-0.15, -0.1) is 0 Å². The third-order valence-electron chi connectivity index (χ3n) is 3.44. The number of fused-ring (bicyclic) bond motifs is 1. The van der Waals surface area contributed by atoms with Crippen LogP contribution in [0, 0.1) is 0 Å². The molecular formula is C13H15NO2. The lowest BCUT2D eigenvalue weighted by molar-refractivity contribution is 0.464. The van der Waals surface area contributed by atoms with Crippen LogP contribution < -0.4 is 5.73 Å². The molecule has 1 aromatic heterocycles. The number of hydrogen-bond acceptors (Lipinski definition) is 3. The molecule has 1 aliphatic rings. The Kier molecular flexibility index (Phi) is 1.98. The Balaban J connectivity index is 1.89. The van der Waals surface area contributed by atoms with Gasteiger partial charge in [0.1, 0.15) is 0 Å². The minimum absolute atomic E-state index is 0.0699. The van der Waals surface area contributed by atoms with Crippen molar-refractivity contribution >= 4 is 11.0 Å². The second kappa shape index (κ2) is 3.25. The molecule has 1 aromatic carbocycles. The molecule has 3 heteroatoms. The Morgan fingerprint density at radius 2 is 2.19 bits per heavy atom. The zero-order valence-electron chi connectivity index (χ0n) is 9.07. The maximum atomic E-state index is 9.61. The van der Waals surface area contributed by atoms with Crippen LogP contribution in [-0.4, -0.2) is 10.6 Å². The van der Waals surface area contributed by atoms with Crippen molar-refractivity contribution in [2.24, 2.45) is 5.73 Å². The van der Waals surface area contributed by atoms with Crippen molar-refractivity contribution in [1.29, 1.82) is 0 Å². The van der Waals surface area contributed by atoms with E-state index in [-0.39, 0.29) is 11.3 Å². The van der Waals surface area contributed by atoms with E-state index in [4.69, 9.17) is 10.2 Å². The van der Waals surface area contributed by atoms with Gasteiger partial charge in [0, 0.05) is 10.9 Å². The molecule has 1 aliphatic carbocycles. The normalized spacial score (nSPS) is 17.8. The molecular weight excluding hydrogens is 202 g/mol. The van der Waals surface area contributed by atoms with E-state index >= 15 is 0 Å². The fourth-order valence-corrected chi connectivity index (χ4v) is 2.08. The molecule has 0 saturated heterocycles. The van der Waals surface area contributed by atoms with Gasteiger partial charge in [0.15, 0.2) is 11.3 Å². The van der Waals surface area contributed by atoms with Crippen LogP contribution in [0.2, 0.25) is 0 Å². The van der Waals surface area contributed by atoms with Crippen LogP contribution >= 0.6 is 0 Å². The quantitative estimate of drug-likeness (QED) is 0.830. The highest BCUT2D eigenvalue weighted by molar-refractivity contribution is 5.85. The first kappa shape index (κ1) is 9.73. The van der Waals surface area contributed by atoms with E-state index in [0.717, 1.165) is 36.6 Å². The molecule has 0 bridgehead atoms. The molecule has 0 amide bonds. The highest BCUT2D eigenvalue weighted by Gasteiger charge is 2.37. The number of nitrogens with two attached hydrogens (primary N) is 1. The first-order valence-electron chi connectivity index (χ1n) is 5.65. The summed E-state index contributed by atoms with van der Waals surface area (Å²) in [6, 6.07) is 5.46. The van der Waals surface area contributed by atoms with Crippen LogP contribution in [0.3, 0.4) is 0 Å². The standard InChI is InChI=1S/C13H15NO2/c14-13(6-7-13)5-4-9-8-16-12-10(9)2-1-3-11(12)15/h1-3,8,15H,4-7,14H2. The van der Waals surface area contributed by atoms with Gasteiger partial charge < -0.3 is 15.3 Å². The average molecular weight is 217 g/mol. The highest BCUT2D eigenvalue weighted by Crippen LogP contribution is 2.38. The summed E-state index contributed by atoms with van der Waals surface area (Å²) in [5.41, 5.74) is 7.85. The van der Waals surface area contributed by atoms with Crippen molar-refractivity contribution in [2.45, 2.75) is 31.2 Å². The van der Waals surface area contributed by atoms with E-state index in [1.165, 1.54) is 0 Å². The van der Waals surface area contributed by atoms with Crippen molar-refractivity contribution in [3.8, 4) is 5.75 Å². The Morgan fingerprint density at radius 1 is 1.38 bits per heavy atom. The van der Waals surface area contributed by atoms with Crippen molar-refractivity contribution in [2.75, 3.05) is 0 Å². The number of phenols is 1. The Hall–Kier alpha value is -1.48. The largest absolute Gasteiger partial charge is 0.504 e. The Bertz CT molecular complexity index is 526. The number of phenolic OH excluding ortho intramolecular Hbond substituents is 1. The third-order valence-corrected chi connectivity index (χ3v) is 3.44. The number of benzene rings is 1. The lowest BCUT2D eigenvalue weighted by Gasteiger charge is -2.06. The summed E-state index contributed by atoms with van der Waals surface area (Å²) in [5.74, 6) is 0.206. The van der Waals surface area contributed by atoms with Gasteiger partial charge in [-0.05, 0) is 37.3 Å². The molecule has 16 heavy (non-hydrogen) atoms. The average Bonchev–Trinajstić information content (AvgIpc) is 2.86. The molecule has 2 aromatic rings. The van der Waals surface area contributed by atoms with Gasteiger partial charge in [-0.25, -0.2) is 0 Å². The smallest absolute Gasteiger partial charge is 0.175 e. The maximum Gasteiger partial charge on any atom is 0.175 e. The molecule has 1 fully saturated rings. The van der Waals surface area contributed by atoms with E-state index in [2.05, 4.69) is 0 Å². The zero-order valence-corrected chi connectivity index (χ0v) is 9.07. The number of aromatic hydroxyl groups is 1. The molecule has 0 atom stereocenters. The molecule has 84 valence electrons. The van der Waals surface area contributed by atoms with Crippen LogP contribution in [0.1, 0.15) is 24.8 Å². The van der Waals surface area contributed by atoms with Crippen molar-refractivity contribution in [3.63, 3.8) is 0 Å². The molecule has 3 nitrogen and oxygen atoms in total. The summed E-state index contributed by atoms with van der Waals surface area (Å²) in [4.78, 5) is 0. The van der Waals surface area contributed by atoms with Gasteiger partial charge in [-0.3, -0.25) is 0 Å². The molecule has 1 heterocycles. The second-order valence-corrected chi connectivity index (χ2v) is 4.78. The minimum Gasteiger partial charge on any atom is -0.504 e. The van der Waals surface area contributed by atoms with Gasteiger partial charge in [0.2, 0.25) is 0 Å². The predicted octanol–water partition coefficient (Wildman–Crippen LogP) is 2.56. The van der Waals surface area contributed by atoms with Gasteiger partial charge in [0.25, 0.3) is 0 Å². The Labute approximate surface area is 93.9 Å². The van der Waals surface area contributed by atoms with E-state index in [1.807, 2.05) is 12.1 Å². The number of aryl methyl sites for hydroxylation is 1. The zero-order chi connectivity index (χ0) is 11.2. The van der Waals surface area contributed by atoms with Crippen molar-refractivity contribution in [1.82, 2.24) is 0 Å². The summed E-state index contributed by atoms with van der Waals surface area (Å²) >= 11 is 0. The highest BCUT2D eigenvalue weighted by atomic mass is 16.3. The summed E-state index contributed by atoms with van der Waals surface area (Å²) in [6.07, 6.45) is 5.92. The van der Waals surface area contributed by atoms with Gasteiger partial charge in [-0.1, -0.05) is 12.1 Å². The summed E-state index contributed by atoms with van der Waals surface area (Å²) in [7, 11) is 0. The first-order valence-corrected chi connectivity index (χ1v) is 5.65. The summed E-state index contributed by atoms with van der Waals surface area (Å²) < 4.78 is 5.37. The third kappa shape index (κ3) is 1.57. The van der Waals surface area contributed by atoms with E-state index in [9.17, 15) is 5.11 Å². The first-order chi connectivity index (χ1) is 7.68. The van der Waals surface area contributed by atoms with E-state index in [0.29, 0.717) is 5.58 Å². The monoisotopic (exact) mass is 217 g/mol. The molecule has 0 unspecified atom stereocenters. The van der Waals surface area contributed by atoms with Crippen molar-refractivity contribution < 1.29 is 9.52 Å². The number of rotatable bonds is 3. The molecule has 0 spiro atoms. The maximum absolute atomic E-state index is 9.61. The minimum atomic E-state index is 0.0699. The predicted molar refractivity (Wildman–Crippen MR) is 62.4 cm³/mol. The summed E-state index contributed by atoms with van der Waals surface area (Å²) in [6.45, 7) is 0. The topological polar surface area (TPSA) is 59.4 Å². The molecule has 3 rings (SSSR count). The number of para-hydroxylation sites is 1. The second-order valence-electron chi connectivity index (χ2n) is 4.78. The lowest BCUT2D eigenvalue weighted by Crippen LogP contribution is -2.21. The van der Waals surface area contributed by atoms with Gasteiger partial charge >= 0.3 is 0 Å². The molecule has 0 aliphatic heterocycles. The van der Waals surface area contributed by atoms with Crippen molar-refractivity contribution in [3.05, 3.63) is 30.0 Å². The molecule has 1 saturated carbocycles. The molecule has 3 N–H and O–H groups in total. The number of hydrogen-bond donors (Lipinski definition) is 2. The van der Waals surface area contributed by atoms with E-state index in [1.54, 1.807) is 12.3 Å². The molecule has 0 radical (unpaired) electrons. The fourth-order valence-electron chi connectivity index (χ4n) is 2.08. The van der Waals surface area contributed by atoms with Crippen LogP contribution in [0.25, 0.3) is 11.0 Å². The lowest BCUT2D eigenvalue weighted by atomic mass is 10.0. The van der Waals surface area contributed by atoms with Crippen LogP contribution in [0.5, 0.6) is 5.75 Å².